The highest BCUT2D eigenvalue weighted by Crippen LogP contribution is 2.21. The number of ether oxygens (including phenoxy) is 3. The molecule has 2 heterocycles. The molecule has 1 atom stereocenters. The number of carbonyl (C=O) groups is 1. The summed E-state index contributed by atoms with van der Waals surface area (Å²) in [5.74, 6) is 6.99. The molecule has 1 aliphatic rings. The summed E-state index contributed by atoms with van der Waals surface area (Å²) in [6.45, 7) is 2.03. The molecule has 6 nitrogen and oxygen atoms in total. The maximum atomic E-state index is 11.3. The summed E-state index contributed by atoms with van der Waals surface area (Å²) in [6, 6.07) is 19.2. The van der Waals surface area contributed by atoms with Crippen LogP contribution in [0.5, 0.6) is 5.75 Å². The van der Waals surface area contributed by atoms with E-state index in [1.807, 2.05) is 66.9 Å². The van der Waals surface area contributed by atoms with E-state index in [0.29, 0.717) is 23.9 Å². The quantitative estimate of drug-likeness (QED) is 0.351. The molecule has 1 unspecified atom stereocenters. The van der Waals surface area contributed by atoms with Gasteiger partial charge in [0.25, 0.3) is 0 Å². The molecule has 0 aliphatic carbocycles. The predicted molar refractivity (Wildman–Crippen MR) is 131 cm³/mol. The fourth-order valence-corrected chi connectivity index (χ4v) is 3.80. The first-order valence-electron chi connectivity index (χ1n) is 11.1. The van der Waals surface area contributed by atoms with Crippen molar-refractivity contribution in [1.82, 2.24) is 9.88 Å². The number of aromatic nitrogens is 1. The summed E-state index contributed by atoms with van der Waals surface area (Å²) in [5.41, 5.74) is 3.65. The Morgan fingerprint density at radius 1 is 1.06 bits per heavy atom. The minimum atomic E-state index is -0.651. The second kappa shape index (κ2) is 11.6. The van der Waals surface area contributed by atoms with Gasteiger partial charge in [0.1, 0.15) is 18.1 Å². The van der Waals surface area contributed by atoms with Gasteiger partial charge < -0.3 is 14.2 Å². The Morgan fingerprint density at radius 3 is 2.53 bits per heavy atom. The average Bonchev–Trinajstić information content (AvgIpc) is 3.31. The van der Waals surface area contributed by atoms with Crippen LogP contribution < -0.4 is 4.74 Å². The van der Waals surface area contributed by atoms with Crippen LogP contribution in [0.4, 0.5) is 4.79 Å². The Kier molecular flexibility index (Phi) is 8.03. The van der Waals surface area contributed by atoms with Crippen molar-refractivity contribution in [1.29, 1.82) is 0 Å². The van der Waals surface area contributed by atoms with E-state index in [1.165, 1.54) is 7.11 Å². The fraction of sp³-hybridized carbons (Fsp3) is 0.259. The lowest BCUT2D eigenvalue weighted by molar-refractivity contribution is -0.0249. The second-order valence-corrected chi connectivity index (χ2v) is 8.20. The van der Waals surface area contributed by atoms with E-state index in [4.69, 9.17) is 21.1 Å². The van der Waals surface area contributed by atoms with Crippen molar-refractivity contribution in [3.05, 3.63) is 83.1 Å². The minimum Gasteiger partial charge on any atom is -0.492 e. The van der Waals surface area contributed by atoms with Crippen molar-refractivity contribution in [2.45, 2.75) is 19.1 Å². The predicted octanol–water partition coefficient (Wildman–Crippen LogP) is 5.39. The molecule has 34 heavy (non-hydrogen) atoms. The zero-order chi connectivity index (χ0) is 23.8. The summed E-state index contributed by atoms with van der Waals surface area (Å²) < 4.78 is 15.7. The lowest BCUT2D eigenvalue weighted by Gasteiger charge is -2.23. The summed E-state index contributed by atoms with van der Waals surface area (Å²) in [7, 11) is 1.31. The SMILES string of the molecule is COC(=O)OC1CCCN1CCOc1ccc(C#Cc2ccc(-c3ccc(Cl)cc3)cn2)cc1. The van der Waals surface area contributed by atoms with Crippen molar-refractivity contribution >= 4 is 17.8 Å². The number of pyridine rings is 1. The summed E-state index contributed by atoms with van der Waals surface area (Å²) in [4.78, 5) is 17.9. The topological polar surface area (TPSA) is 60.9 Å². The molecule has 174 valence electrons. The van der Waals surface area contributed by atoms with E-state index in [1.54, 1.807) is 0 Å². The average molecular weight is 477 g/mol. The van der Waals surface area contributed by atoms with E-state index in [2.05, 4.69) is 26.5 Å². The number of hydrogen-bond donors (Lipinski definition) is 0. The molecule has 3 aromatic rings. The molecular weight excluding hydrogens is 452 g/mol. The van der Waals surface area contributed by atoms with Gasteiger partial charge in [-0.2, -0.15) is 0 Å². The molecule has 0 bridgehead atoms. The smallest absolute Gasteiger partial charge is 0.492 e. The minimum absolute atomic E-state index is 0.248. The van der Waals surface area contributed by atoms with Crippen LogP contribution in [0.25, 0.3) is 11.1 Å². The maximum Gasteiger partial charge on any atom is 0.509 e. The first-order valence-corrected chi connectivity index (χ1v) is 11.4. The largest absolute Gasteiger partial charge is 0.509 e. The standard InChI is InChI=1S/C27H25ClN2O4/c1-32-27(31)34-26-3-2-16-30(26)17-18-33-25-14-5-20(6-15-25)4-12-24-13-9-22(19-29-24)21-7-10-23(28)11-8-21/h5-11,13-15,19,26H,2-3,16-18H2,1H3. The van der Waals surface area contributed by atoms with E-state index >= 15 is 0 Å². The van der Waals surface area contributed by atoms with E-state index < -0.39 is 6.16 Å². The Bertz CT molecular complexity index is 1150. The lowest BCUT2D eigenvalue weighted by atomic mass is 10.1. The van der Waals surface area contributed by atoms with E-state index in [9.17, 15) is 4.79 Å². The van der Waals surface area contributed by atoms with Crippen LogP contribution >= 0.6 is 11.6 Å². The first kappa shape index (κ1) is 23.6. The number of hydrogen-bond acceptors (Lipinski definition) is 6. The first-order chi connectivity index (χ1) is 16.6. The van der Waals surface area contributed by atoms with Gasteiger partial charge in [-0.1, -0.05) is 35.7 Å². The molecule has 4 rings (SSSR count). The molecule has 2 aromatic carbocycles. The van der Waals surface area contributed by atoms with E-state index in [0.717, 1.165) is 41.8 Å². The molecule has 7 heteroatoms. The third-order valence-electron chi connectivity index (χ3n) is 5.48. The molecule has 1 fully saturated rings. The van der Waals surface area contributed by atoms with Gasteiger partial charge in [-0.15, -0.1) is 0 Å². The number of likely N-dealkylation sites (tertiary alicyclic amines) is 1. The van der Waals surface area contributed by atoms with Gasteiger partial charge in [-0.05, 0) is 66.8 Å². The van der Waals surface area contributed by atoms with Crippen molar-refractivity contribution in [3.8, 4) is 28.7 Å². The van der Waals surface area contributed by atoms with Gasteiger partial charge >= 0.3 is 6.16 Å². The van der Waals surface area contributed by atoms with Gasteiger partial charge in [0.15, 0.2) is 6.23 Å². The summed E-state index contributed by atoms with van der Waals surface area (Å²) in [6.07, 6.45) is 2.70. The number of halogens is 1. The highest BCUT2D eigenvalue weighted by molar-refractivity contribution is 6.30. The molecule has 1 aromatic heterocycles. The molecule has 0 N–H and O–H groups in total. The van der Waals surface area contributed by atoms with Crippen LogP contribution in [-0.4, -0.2) is 49.1 Å². The van der Waals surface area contributed by atoms with Crippen LogP contribution in [0, 0.1) is 11.8 Å². The van der Waals surface area contributed by atoms with Gasteiger partial charge in [-0.3, -0.25) is 4.90 Å². The normalized spacial score (nSPS) is 15.3. The molecule has 0 amide bonds. The molecule has 0 radical (unpaired) electrons. The Labute approximate surface area is 204 Å². The highest BCUT2D eigenvalue weighted by atomic mass is 35.5. The van der Waals surface area contributed by atoms with Crippen molar-refractivity contribution in [2.75, 3.05) is 26.8 Å². The van der Waals surface area contributed by atoms with Gasteiger partial charge in [-0.25, -0.2) is 9.78 Å². The van der Waals surface area contributed by atoms with Crippen LogP contribution in [-0.2, 0) is 9.47 Å². The number of nitrogens with zero attached hydrogens (tertiary/aromatic N) is 2. The molecule has 0 spiro atoms. The zero-order valence-electron chi connectivity index (χ0n) is 18.9. The van der Waals surface area contributed by atoms with Crippen LogP contribution in [0.15, 0.2) is 66.9 Å². The number of methoxy groups -OCH3 is 1. The van der Waals surface area contributed by atoms with Crippen molar-refractivity contribution in [2.24, 2.45) is 0 Å². The zero-order valence-corrected chi connectivity index (χ0v) is 19.6. The van der Waals surface area contributed by atoms with Crippen molar-refractivity contribution in [3.63, 3.8) is 0 Å². The van der Waals surface area contributed by atoms with Crippen molar-refractivity contribution < 1.29 is 19.0 Å². The summed E-state index contributed by atoms with van der Waals surface area (Å²) >= 11 is 5.95. The highest BCUT2D eigenvalue weighted by Gasteiger charge is 2.27. The Balaban J connectivity index is 1.27. The monoisotopic (exact) mass is 476 g/mol. The van der Waals surface area contributed by atoms with Crippen LogP contribution in [0.1, 0.15) is 24.1 Å². The van der Waals surface area contributed by atoms with Gasteiger partial charge in [0.2, 0.25) is 0 Å². The summed E-state index contributed by atoms with van der Waals surface area (Å²) in [5, 5.41) is 0.709. The molecule has 0 saturated carbocycles. The molecular formula is C27H25ClN2O4. The van der Waals surface area contributed by atoms with Crippen LogP contribution in [0.3, 0.4) is 0 Å². The Hall–Kier alpha value is -3.53. The number of rotatable bonds is 6. The van der Waals surface area contributed by atoms with Crippen LogP contribution in [0.2, 0.25) is 5.02 Å². The molecule has 1 aliphatic heterocycles. The Morgan fingerprint density at radius 2 is 1.82 bits per heavy atom. The number of carbonyl (C=O) groups excluding carboxylic acids is 1. The lowest BCUT2D eigenvalue weighted by Crippen LogP contribution is -2.36. The second-order valence-electron chi connectivity index (χ2n) is 7.77. The van der Waals surface area contributed by atoms with Gasteiger partial charge in [0.05, 0.1) is 7.11 Å². The third-order valence-corrected chi connectivity index (χ3v) is 5.73. The van der Waals surface area contributed by atoms with Gasteiger partial charge in [0, 0.05) is 35.4 Å². The third kappa shape index (κ3) is 6.50. The molecule has 1 saturated heterocycles. The fourth-order valence-electron chi connectivity index (χ4n) is 3.68. The maximum absolute atomic E-state index is 11.3. The van der Waals surface area contributed by atoms with E-state index in [-0.39, 0.29) is 6.23 Å². The number of benzene rings is 2.